The summed E-state index contributed by atoms with van der Waals surface area (Å²) < 4.78 is 13.3. The van der Waals surface area contributed by atoms with Crippen LogP contribution in [0.4, 0.5) is 4.39 Å². The first-order chi connectivity index (χ1) is 8.16. The van der Waals surface area contributed by atoms with Gasteiger partial charge in [0.2, 0.25) is 0 Å². The largest absolute Gasteiger partial charge is 0.390 e. The van der Waals surface area contributed by atoms with Gasteiger partial charge in [0.1, 0.15) is 5.82 Å². The van der Waals surface area contributed by atoms with Gasteiger partial charge in [-0.15, -0.1) is 12.4 Å². The monoisotopic (exact) mass is 273 g/mol. The standard InChI is InChI=1S/C13H16FNO2.ClH/c14-8-2-1-7-6-15-12-9(10(7)5-8)3-4-11(16)13(12)17;/h1-2,5,9,11-13,15-17H,3-4,6H2;1H/t9-,11+,12+,13+;/m0./s1. The third-order valence-electron chi connectivity index (χ3n) is 4.00. The molecule has 0 aromatic heterocycles. The summed E-state index contributed by atoms with van der Waals surface area (Å²) >= 11 is 0. The fourth-order valence-corrected chi connectivity index (χ4v) is 3.09. The average Bonchev–Trinajstić information content (AvgIpc) is 2.33. The van der Waals surface area contributed by atoms with E-state index >= 15 is 0 Å². The molecule has 4 atom stereocenters. The Kier molecular flexibility index (Phi) is 3.92. The summed E-state index contributed by atoms with van der Waals surface area (Å²) in [5.74, 6) is -0.127. The van der Waals surface area contributed by atoms with E-state index in [9.17, 15) is 14.6 Å². The number of hydrogen-bond donors (Lipinski definition) is 3. The highest BCUT2D eigenvalue weighted by Crippen LogP contribution is 2.38. The molecule has 1 aliphatic carbocycles. The minimum Gasteiger partial charge on any atom is -0.390 e. The molecule has 5 heteroatoms. The number of rotatable bonds is 0. The van der Waals surface area contributed by atoms with Crippen molar-refractivity contribution in [1.82, 2.24) is 5.32 Å². The molecule has 3 rings (SSSR count). The van der Waals surface area contributed by atoms with Crippen LogP contribution in [-0.2, 0) is 6.54 Å². The van der Waals surface area contributed by atoms with E-state index in [2.05, 4.69) is 5.32 Å². The Balaban J connectivity index is 0.00000120. The van der Waals surface area contributed by atoms with E-state index in [-0.39, 0.29) is 30.2 Å². The SMILES string of the molecule is Cl.O[C@H]1[C@@H]2NCc3ccc(F)cc3[C@@H]2CC[C@H]1O. The van der Waals surface area contributed by atoms with Crippen molar-refractivity contribution >= 4 is 12.4 Å². The second kappa shape index (κ2) is 5.13. The Hall–Kier alpha value is -0.680. The van der Waals surface area contributed by atoms with Gasteiger partial charge in [-0.1, -0.05) is 6.07 Å². The first-order valence-corrected chi connectivity index (χ1v) is 6.04. The van der Waals surface area contributed by atoms with Crippen molar-refractivity contribution in [3.63, 3.8) is 0 Å². The normalized spacial score (nSPS) is 34.2. The first kappa shape index (κ1) is 13.7. The van der Waals surface area contributed by atoms with Crippen LogP contribution in [0.2, 0.25) is 0 Å². The molecule has 100 valence electrons. The fourth-order valence-electron chi connectivity index (χ4n) is 3.09. The van der Waals surface area contributed by atoms with Crippen LogP contribution in [0, 0.1) is 5.82 Å². The number of hydrogen-bond acceptors (Lipinski definition) is 3. The minimum atomic E-state index is -0.759. The molecule has 3 N–H and O–H groups in total. The molecule has 0 amide bonds. The molecular weight excluding hydrogens is 257 g/mol. The van der Waals surface area contributed by atoms with E-state index in [1.165, 1.54) is 6.07 Å². The Morgan fingerprint density at radius 2 is 2.00 bits per heavy atom. The second-order valence-corrected chi connectivity index (χ2v) is 4.99. The van der Waals surface area contributed by atoms with Gasteiger partial charge >= 0.3 is 0 Å². The molecule has 1 aliphatic heterocycles. The van der Waals surface area contributed by atoms with Crippen molar-refractivity contribution in [2.75, 3.05) is 0 Å². The molecule has 0 spiro atoms. The van der Waals surface area contributed by atoms with Crippen molar-refractivity contribution in [3.05, 3.63) is 35.1 Å². The predicted octanol–water partition coefficient (Wildman–Crippen LogP) is 1.32. The average molecular weight is 274 g/mol. The maximum absolute atomic E-state index is 13.3. The van der Waals surface area contributed by atoms with E-state index in [4.69, 9.17) is 0 Å². The Morgan fingerprint density at radius 1 is 1.22 bits per heavy atom. The van der Waals surface area contributed by atoms with Crippen LogP contribution in [0.5, 0.6) is 0 Å². The molecule has 0 bridgehead atoms. The molecule has 1 saturated carbocycles. The van der Waals surface area contributed by atoms with E-state index < -0.39 is 12.2 Å². The molecule has 1 aromatic rings. The van der Waals surface area contributed by atoms with E-state index in [1.54, 1.807) is 12.1 Å². The Bertz CT molecular complexity index is 443. The lowest BCUT2D eigenvalue weighted by molar-refractivity contribution is -0.0395. The van der Waals surface area contributed by atoms with E-state index in [0.29, 0.717) is 13.0 Å². The molecule has 1 heterocycles. The summed E-state index contributed by atoms with van der Waals surface area (Å²) in [6.07, 6.45) is -0.0733. The molecule has 0 radical (unpaired) electrons. The fraction of sp³-hybridized carbons (Fsp3) is 0.538. The zero-order valence-corrected chi connectivity index (χ0v) is 10.7. The predicted molar refractivity (Wildman–Crippen MR) is 68.3 cm³/mol. The second-order valence-electron chi connectivity index (χ2n) is 4.99. The van der Waals surface area contributed by atoms with Gasteiger partial charge in [0.15, 0.2) is 0 Å². The van der Waals surface area contributed by atoms with Crippen molar-refractivity contribution in [1.29, 1.82) is 0 Å². The number of aliphatic hydroxyl groups is 2. The lowest BCUT2D eigenvalue weighted by Gasteiger charge is -2.43. The molecule has 18 heavy (non-hydrogen) atoms. The van der Waals surface area contributed by atoms with E-state index in [0.717, 1.165) is 17.5 Å². The van der Waals surface area contributed by atoms with Gasteiger partial charge in [-0.05, 0) is 36.1 Å². The van der Waals surface area contributed by atoms with Crippen molar-refractivity contribution in [2.24, 2.45) is 0 Å². The van der Waals surface area contributed by atoms with Gasteiger partial charge < -0.3 is 15.5 Å². The van der Waals surface area contributed by atoms with Crippen molar-refractivity contribution in [3.8, 4) is 0 Å². The van der Waals surface area contributed by atoms with Crippen LogP contribution < -0.4 is 5.32 Å². The Labute approximate surface area is 111 Å². The maximum atomic E-state index is 13.3. The van der Waals surface area contributed by atoms with Gasteiger partial charge in [-0.25, -0.2) is 4.39 Å². The van der Waals surface area contributed by atoms with Gasteiger partial charge in [0.05, 0.1) is 12.2 Å². The molecule has 1 aromatic carbocycles. The number of benzene rings is 1. The number of aliphatic hydroxyl groups excluding tert-OH is 2. The van der Waals surface area contributed by atoms with Gasteiger partial charge in [-0.3, -0.25) is 0 Å². The smallest absolute Gasteiger partial charge is 0.123 e. The molecule has 3 nitrogen and oxygen atoms in total. The van der Waals surface area contributed by atoms with Crippen LogP contribution in [0.25, 0.3) is 0 Å². The first-order valence-electron chi connectivity index (χ1n) is 6.04. The summed E-state index contributed by atoms with van der Waals surface area (Å²) in [5.41, 5.74) is 2.08. The zero-order valence-electron chi connectivity index (χ0n) is 9.84. The van der Waals surface area contributed by atoms with Crippen LogP contribution in [-0.4, -0.2) is 28.5 Å². The summed E-state index contributed by atoms with van der Waals surface area (Å²) in [6.45, 7) is 0.626. The summed E-state index contributed by atoms with van der Waals surface area (Å²) in [7, 11) is 0. The van der Waals surface area contributed by atoms with Crippen LogP contribution in [0.1, 0.15) is 29.9 Å². The summed E-state index contributed by atoms with van der Waals surface area (Å²) in [6, 6.07) is 4.67. The molecule has 0 saturated heterocycles. The lowest BCUT2D eigenvalue weighted by atomic mass is 9.73. The third kappa shape index (κ3) is 2.14. The van der Waals surface area contributed by atoms with Gasteiger partial charge in [0, 0.05) is 18.5 Å². The number of halogens is 2. The quantitative estimate of drug-likeness (QED) is 0.668. The third-order valence-corrected chi connectivity index (χ3v) is 4.00. The molecular formula is C13H17ClFNO2. The van der Waals surface area contributed by atoms with Gasteiger partial charge in [-0.2, -0.15) is 0 Å². The van der Waals surface area contributed by atoms with Crippen molar-refractivity contribution < 1.29 is 14.6 Å². The number of fused-ring (bicyclic) bond motifs is 3. The van der Waals surface area contributed by atoms with Gasteiger partial charge in [0.25, 0.3) is 0 Å². The van der Waals surface area contributed by atoms with Crippen LogP contribution >= 0.6 is 12.4 Å². The minimum absolute atomic E-state index is 0. The zero-order chi connectivity index (χ0) is 12.0. The highest BCUT2D eigenvalue weighted by Gasteiger charge is 2.40. The molecule has 0 unspecified atom stereocenters. The number of nitrogens with one attached hydrogen (secondary N) is 1. The molecule has 1 fully saturated rings. The van der Waals surface area contributed by atoms with Crippen molar-refractivity contribution in [2.45, 2.75) is 43.6 Å². The molecule has 2 aliphatic rings. The maximum Gasteiger partial charge on any atom is 0.123 e. The van der Waals surface area contributed by atoms with Crippen LogP contribution in [0.3, 0.4) is 0 Å². The van der Waals surface area contributed by atoms with Crippen LogP contribution in [0.15, 0.2) is 18.2 Å². The highest BCUT2D eigenvalue weighted by atomic mass is 35.5. The summed E-state index contributed by atoms with van der Waals surface area (Å²) in [5, 5.41) is 22.9. The highest BCUT2D eigenvalue weighted by molar-refractivity contribution is 5.85. The topological polar surface area (TPSA) is 52.5 Å². The lowest BCUT2D eigenvalue weighted by Crippen LogP contribution is -2.54. The van der Waals surface area contributed by atoms with E-state index in [1.807, 2.05) is 0 Å². The summed E-state index contributed by atoms with van der Waals surface area (Å²) in [4.78, 5) is 0. The Morgan fingerprint density at radius 3 is 2.78 bits per heavy atom.